The van der Waals surface area contributed by atoms with Gasteiger partial charge < -0.3 is 4.90 Å². The molecule has 0 saturated heterocycles. The van der Waals surface area contributed by atoms with Gasteiger partial charge in [0.05, 0.1) is 0 Å². The molecule has 12 aromatic rings. The normalized spacial score (nSPS) is 11.1. The SMILES string of the molecule is c1ccc(-c2ccccc2-c2ccccc2-c2ccc(N(c3ccc(-c4ccccc4-c4ccccc4-c4ccccc4)cc3)c3ccc(-c4cccc5cccc(-c6ccccc6)c45)cc3)cc2)cc1. The molecular formula is C70H49N. The average molecular weight is 904 g/mol. The molecule has 1 heteroatoms. The first-order valence-corrected chi connectivity index (χ1v) is 24.4. The molecular weight excluding hydrogens is 855 g/mol. The van der Waals surface area contributed by atoms with Gasteiger partial charge in [0.25, 0.3) is 0 Å². The maximum absolute atomic E-state index is 2.38. The van der Waals surface area contributed by atoms with Crippen LogP contribution in [-0.4, -0.2) is 0 Å². The van der Waals surface area contributed by atoms with Gasteiger partial charge in [-0.15, -0.1) is 0 Å². The first-order chi connectivity index (χ1) is 35.2. The minimum Gasteiger partial charge on any atom is -0.311 e. The molecule has 0 aliphatic heterocycles. The fourth-order valence-electron chi connectivity index (χ4n) is 10.4. The molecule has 71 heavy (non-hydrogen) atoms. The summed E-state index contributed by atoms with van der Waals surface area (Å²) in [7, 11) is 0. The first kappa shape index (κ1) is 43.0. The van der Waals surface area contributed by atoms with Gasteiger partial charge >= 0.3 is 0 Å². The van der Waals surface area contributed by atoms with Gasteiger partial charge in [-0.25, -0.2) is 0 Å². The summed E-state index contributed by atoms with van der Waals surface area (Å²) in [6, 6.07) is 108. The fraction of sp³-hybridized carbons (Fsp3) is 0. The molecule has 0 atom stereocenters. The standard InChI is InChI=1S/C70H49N/c1-4-20-50(21-5-1)60-28-10-14-32-66(60)68-34-16-12-30-62(68)53-38-44-57(45-39-53)71(59-48-42-55(43-49-59)65-37-19-27-56-26-18-36-64(70(56)65)52-24-8-3-9-25-52)58-46-40-54(41-47-58)63-31-13-17-35-69(63)67-33-15-11-29-61(67)51-22-6-2-7-23-51/h1-49H. The quantitative estimate of drug-likeness (QED) is 0.125. The zero-order valence-corrected chi connectivity index (χ0v) is 39.2. The highest BCUT2D eigenvalue weighted by atomic mass is 15.1. The number of benzene rings is 12. The second-order valence-corrected chi connectivity index (χ2v) is 18.0. The van der Waals surface area contributed by atoms with Crippen LogP contribution in [0, 0.1) is 0 Å². The lowest BCUT2D eigenvalue weighted by molar-refractivity contribution is 1.28. The van der Waals surface area contributed by atoms with E-state index >= 15 is 0 Å². The van der Waals surface area contributed by atoms with Crippen molar-refractivity contribution in [3.8, 4) is 89.0 Å². The van der Waals surface area contributed by atoms with Crippen molar-refractivity contribution in [2.75, 3.05) is 4.90 Å². The number of fused-ring (bicyclic) bond motifs is 1. The lowest BCUT2D eigenvalue weighted by Crippen LogP contribution is -2.09. The van der Waals surface area contributed by atoms with Gasteiger partial charge in [-0.05, 0) is 136 Å². The predicted octanol–water partition coefficient (Wildman–Crippen LogP) is 19.6. The molecule has 0 unspecified atom stereocenters. The third-order valence-corrected chi connectivity index (χ3v) is 13.8. The van der Waals surface area contributed by atoms with Gasteiger partial charge in [0, 0.05) is 17.1 Å². The van der Waals surface area contributed by atoms with Gasteiger partial charge in [-0.3, -0.25) is 0 Å². The Kier molecular flexibility index (Phi) is 11.7. The molecule has 0 aliphatic carbocycles. The molecule has 0 fully saturated rings. The van der Waals surface area contributed by atoms with Crippen molar-refractivity contribution < 1.29 is 0 Å². The zero-order valence-electron chi connectivity index (χ0n) is 39.2. The topological polar surface area (TPSA) is 3.24 Å². The molecule has 1 nitrogen and oxygen atoms in total. The number of rotatable bonds is 11. The van der Waals surface area contributed by atoms with E-state index in [9.17, 15) is 0 Å². The van der Waals surface area contributed by atoms with Crippen molar-refractivity contribution in [3.05, 3.63) is 297 Å². The summed E-state index contributed by atoms with van der Waals surface area (Å²) in [6.45, 7) is 0. The van der Waals surface area contributed by atoms with Crippen LogP contribution in [0.5, 0.6) is 0 Å². The van der Waals surface area contributed by atoms with Crippen LogP contribution in [0.4, 0.5) is 17.1 Å². The average Bonchev–Trinajstić information content (AvgIpc) is 3.46. The van der Waals surface area contributed by atoms with Crippen LogP contribution in [0.25, 0.3) is 99.8 Å². The summed E-state index contributed by atoms with van der Waals surface area (Å²) < 4.78 is 0. The highest BCUT2D eigenvalue weighted by Crippen LogP contribution is 2.44. The highest BCUT2D eigenvalue weighted by Gasteiger charge is 2.18. The van der Waals surface area contributed by atoms with Crippen LogP contribution < -0.4 is 4.90 Å². The second kappa shape index (κ2) is 19.4. The van der Waals surface area contributed by atoms with Gasteiger partial charge in [0.15, 0.2) is 0 Å². The van der Waals surface area contributed by atoms with Crippen molar-refractivity contribution in [2.24, 2.45) is 0 Å². The molecule has 0 amide bonds. The smallest absolute Gasteiger partial charge is 0.0462 e. The van der Waals surface area contributed by atoms with Crippen LogP contribution in [-0.2, 0) is 0 Å². The molecule has 0 aliphatic rings. The Hall–Kier alpha value is -9.30. The third-order valence-electron chi connectivity index (χ3n) is 13.8. The Morgan fingerprint density at radius 3 is 0.690 bits per heavy atom. The summed E-state index contributed by atoms with van der Waals surface area (Å²) in [5.74, 6) is 0. The van der Waals surface area contributed by atoms with Crippen LogP contribution in [0.15, 0.2) is 297 Å². The molecule has 0 N–H and O–H groups in total. The molecule has 0 spiro atoms. The van der Waals surface area contributed by atoms with Gasteiger partial charge in [-0.2, -0.15) is 0 Å². The Morgan fingerprint density at radius 2 is 0.380 bits per heavy atom. The summed E-state index contributed by atoms with van der Waals surface area (Å²) >= 11 is 0. The van der Waals surface area contributed by atoms with Crippen molar-refractivity contribution in [3.63, 3.8) is 0 Å². The van der Waals surface area contributed by atoms with E-state index in [1.807, 2.05) is 0 Å². The van der Waals surface area contributed by atoms with E-state index in [4.69, 9.17) is 0 Å². The predicted molar refractivity (Wildman–Crippen MR) is 302 cm³/mol. The molecule has 12 rings (SSSR count). The van der Waals surface area contributed by atoms with E-state index in [-0.39, 0.29) is 0 Å². The van der Waals surface area contributed by atoms with Crippen molar-refractivity contribution in [1.29, 1.82) is 0 Å². The molecule has 0 heterocycles. The third kappa shape index (κ3) is 8.52. The molecule has 0 bridgehead atoms. The van der Waals surface area contributed by atoms with E-state index in [1.54, 1.807) is 0 Å². The maximum Gasteiger partial charge on any atom is 0.0462 e. The van der Waals surface area contributed by atoms with Crippen molar-refractivity contribution in [2.45, 2.75) is 0 Å². The maximum atomic E-state index is 2.38. The molecule has 12 aromatic carbocycles. The minimum absolute atomic E-state index is 1.07. The molecule has 0 aromatic heterocycles. The molecule has 0 radical (unpaired) electrons. The van der Waals surface area contributed by atoms with Gasteiger partial charge in [0.2, 0.25) is 0 Å². The zero-order chi connectivity index (χ0) is 47.3. The Morgan fingerprint density at radius 1 is 0.155 bits per heavy atom. The van der Waals surface area contributed by atoms with Crippen molar-refractivity contribution >= 4 is 27.8 Å². The lowest BCUT2D eigenvalue weighted by Gasteiger charge is -2.26. The fourth-order valence-corrected chi connectivity index (χ4v) is 10.4. The largest absolute Gasteiger partial charge is 0.311 e. The number of anilines is 3. The monoisotopic (exact) mass is 903 g/mol. The van der Waals surface area contributed by atoms with Gasteiger partial charge in [0.1, 0.15) is 0 Å². The summed E-state index contributed by atoms with van der Waals surface area (Å²) in [4.78, 5) is 2.38. The van der Waals surface area contributed by atoms with E-state index in [0.717, 1.165) is 28.2 Å². The van der Waals surface area contributed by atoms with Gasteiger partial charge in [-0.1, -0.05) is 261 Å². The Balaban J connectivity index is 0.948. The second-order valence-electron chi connectivity index (χ2n) is 18.0. The van der Waals surface area contributed by atoms with Crippen LogP contribution >= 0.6 is 0 Å². The molecule has 334 valence electrons. The van der Waals surface area contributed by atoms with Crippen LogP contribution in [0.2, 0.25) is 0 Å². The van der Waals surface area contributed by atoms with E-state index in [1.165, 1.54) is 88.7 Å². The summed E-state index contributed by atoms with van der Waals surface area (Å²) in [5, 5.41) is 2.49. The van der Waals surface area contributed by atoms with E-state index < -0.39 is 0 Å². The number of nitrogens with zero attached hydrogens (tertiary/aromatic N) is 1. The Labute approximate surface area is 416 Å². The molecule has 0 saturated carbocycles. The van der Waals surface area contributed by atoms with E-state index in [2.05, 4.69) is 302 Å². The minimum atomic E-state index is 1.07. The highest BCUT2D eigenvalue weighted by molar-refractivity contribution is 6.06. The lowest BCUT2D eigenvalue weighted by atomic mass is 9.89. The Bertz CT molecular complexity index is 3590. The first-order valence-electron chi connectivity index (χ1n) is 24.4. The summed E-state index contributed by atoms with van der Waals surface area (Å²) in [5.41, 5.74) is 22.5. The summed E-state index contributed by atoms with van der Waals surface area (Å²) in [6.07, 6.45) is 0. The van der Waals surface area contributed by atoms with Crippen LogP contribution in [0.3, 0.4) is 0 Å². The number of hydrogen-bond acceptors (Lipinski definition) is 1. The van der Waals surface area contributed by atoms with E-state index in [0.29, 0.717) is 0 Å². The van der Waals surface area contributed by atoms with Crippen LogP contribution in [0.1, 0.15) is 0 Å². The number of hydrogen-bond donors (Lipinski definition) is 0. The van der Waals surface area contributed by atoms with Crippen molar-refractivity contribution in [1.82, 2.24) is 0 Å².